The van der Waals surface area contributed by atoms with E-state index >= 15 is 0 Å². The van der Waals surface area contributed by atoms with Crippen LogP contribution in [0, 0.1) is 5.82 Å². The van der Waals surface area contributed by atoms with Crippen molar-refractivity contribution in [2.75, 3.05) is 0 Å². The third-order valence-electron chi connectivity index (χ3n) is 2.81. The van der Waals surface area contributed by atoms with E-state index in [4.69, 9.17) is 4.74 Å². The first kappa shape index (κ1) is 13.6. The van der Waals surface area contributed by atoms with E-state index in [0.717, 1.165) is 6.07 Å². The van der Waals surface area contributed by atoms with Gasteiger partial charge in [0.2, 0.25) is 0 Å². The van der Waals surface area contributed by atoms with Crippen LogP contribution in [-0.4, -0.2) is 20.5 Å². The zero-order valence-electron chi connectivity index (χ0n) is 10.5. The van der Waals surface area contributed by atoms with Crippen molar-refractivity contribution >= 4 is 27.5 Å². The van der Waals surface area contributed by atoms with Crippen LogP contribution in [-0.2, 0) is 0 Å². The predicted octanol–water partition coefficient (Wildman–Crippen LogP) is 3.73. The molecule has 3 rings (SSSR count). The van der Waals surface area contributed by atoms with Gasteiger partial charge in [0.25, 0.3) is 5.88 Å². The smallest absolute Gasteiger partial charge is 0.358 e. The summed E-state index contributed by atoms with van der Waals surface area (Å²) >= 11 is 3.04. The predicted molar refractivity (Wildman–Crippen MR) is 76.3 cm³/mol. The van der Waals surface area contributed by atoms with Crippen molar-refractivity contribution in [1.82, 2.24) is 9.38 Å². The topological polar surface area (TPSA) is 63.8 Å². The van der Waals surface area contributed by atoms with Crippen molar-refractivity contribution < 1.29 is 19.0 Å². The number of aromatic nitrogens is 2. The second kappa shape index (κ2) is 5.17. The molecule has 0 aliphatic carbocycles. The lowest BCUT2D eigenvalue weighted by atomic mass is 10.3. The van der Waals surface area contributed by atoms with Gasteiger partial charge < -0.3 is 9.84 Å². The number of aromatic carboxylic acids is 1. The van der Waals surface area contributed by atoms with Gasteiger partial charge in [0.15, 0.2) is 5.69 Å². The zero-order chi connectivity index (χ0) is 15.0. The fourth-order valence-electron chi connectivity index (χ4n) is 1.89. The van der Waals surface area contributed by atoms with Crippen LogP contribution in [0.1, 0.15) is 10.5 Å². The molecule has 0 amide bonds. The van der Waals surface area contributed by atoms with E-state index in [1.807, 2.05) is 0 Å². The number of fused-ring (bicyclic) bond motifs is 1. The lowest BCUT2D eigenvalue weighted by Crippen LogP contribution is -2.03. The Bertz CT molecular complexity index is 847. The van der Waals surface area contributed by atoms with Crippen molar-refractivity contribution in [3.63, 3.8) is 0 Å². The van der Waals surface area contributed by atoms with E-state index in [9.17, 15) is 14.3 Å². The number of carboxylic acid groups (broad SMARTS) is 1. The molecule has 0 aliphatic heterocycles. The van der Waals surface area contributed by atoms with Crippen molar-refractivity contribution in [2.45, 2.75) is 0 Å². The molecule has 7 heteroatoms. The minimum Gasteiger partial charge on any atom is -0.476 e. The van der Waals surface area contributed by atoms with Gasteiger partial charge in [0.05, 0.1) is 4.47 Å². The summed E-state index contributed by atoms with van der Waals surface area (Å²) in [4.78, 5) is 15.5. The van der Waals surface area contributed by atoms with E-state index in [2.05, 4.69) is 20.9 Å². The largest absolute Gasteiger partial charge is 0.476 e. The quantitative estimate of drug-likeness (QED) is 0.781. The fraction of sp³-hybridized carbons (Fsp3) is 0. The summed E-state index contributed by atoms with van der Waals surface area (Å²) in [6.07, 6.45) is 1.57. The molecule has 0 atom stereocenters. The molecule has 0 bridgehead atoms. The van der Waals surface area contributed by atoms with E-state index in [1.165, 1.54) is 16.5 Å². The Morgan fingerprint density at radius 3 is 2.86 bits per heavy atom. The molecular formula is C14H8BrFN2O3. The van der Waals surface area contributed by atoms with Crippen molar-refractivity contribution in [3.8, 4) is 11.6 Å². The molecule has 5 nitrogen and oxygen atoms in total. The van der Waals surface area contributed by atoms with Gasteiger partial charge in [-0.2, -0.15) is 4.98 Å². The lowest BCUT2D eigenvalue weighted by molar-refractivity contribution is 0.0686. The van der Waals surface area contributed by atoms with E-state index in [-0.39, 0.29) is 17.3 Å². The number of pyridine rings is 1. The average Bonchev–Trinajstić information content (AvgIpc) is 2.80. The number of carbonyl (C=O) groups is 1. The van der Waals surface area contributed by atoms with Gasteiger partial charge in [-0.05, 0) is 40.2 Å². The van der Waals surface area contributed by atoms with Crippen molar-refractivity contribution in [1.29, 1.82) is 0 Å². The van der Waals surface area contributed by atoms with Crippen LogP contribution in [0.3, 0.4) is 0 Å². The number of hydrogen-bond acceptors (Lipinski definition) is 3. The van der Waals surface area contributed by atoms with Crippen LogP contribution in [0.2, 0.25) is 0 Å². The highest BCUT2D eigenvalue weighted by Gasteiger charge is 2.20. The van der Waals surface area contributed by atoms with Crippen LogP contribution in [0.15, 0.2) is 47.1 Å². The molecule has 0 saturated heterocycles. The second-order valence-corrected chi connectivity index (χ2v) is 5.03. The number of imidazole rings is 1. The number of carboxylic acids is 1. The van der Waals surface area contributed by atoms with Crippen molar-refractivity contribution in [3.05, 3.63) is 58.6 Å². The van der Waals surface area contributed by atoms with Crippen LogP contribution in [0.4, 0.5) is 4.39 Å². The minimum atomic E-state index is -1.18. The molecule has 1 N–H and O–H groups in total. The standard InChI is InChI=1S/C14H8BrFN2O3/c15-9-5-4-8(7-10(9)16)21-13-12(14(19)20)18-6-2-1-3-11(18)17-13/h1-7H,(H,19,20). The van der Waals surface area contributed by atoms with Gasteiger partial charge in [-0.25, -0.2) is 9.18 Å². The molecular weight excluding hydrogens is 343 g/mol. The Balaban J connectivity index is 2.09. The van der Waals surface area contributed by atoms with Gasteiger partial charge in [0.1, 0.15) is 17.2 Å². The molecule has 0 spiro atoms. The van der Waals surface area contributed by atoms with Crippen LogP contribution >= 0.6 is 15.9 Å². The first-order chi connectivity index (χ1) is 10.1. The number of ether oxygens (including phenoxy) is 1. The molecule has 106 valence electrons. The molecule has 2 heterocycles. The summed E-state index contributed by atoms with van der Waals surface area (Å²) in [5, 5.41) is 9.31. The minimum absolute atomic E-state index is 0.0876. The maximum absolute atomic E-state index is 13.5. The third-order valence-corrected chi connectivity index (χ3v) is 3.45. The molecule has 21 heavy (non-hydrogen) atoms. The number of nitrogens with zero attached hydrogens (tertiary/aromatic N) is 2. The highest BCUT2D eigenvalue weighted by atomic mass is 79.9. The first-order valence-corrected chi connectivity index (χ1v) is 6.69. The fourth-order valence-corrected chi connectivity index (χ4v) is 2.14. The Kier molecular flexibility index (Phi) is 3.34. The van der Waals surface area contributed by atoms with Crippen molar-refractivity contribution in [2.24, 2.45) is 0 Å². The maximum atomic E-state index is 13.5. The molecule has 0 radical (unpaired) electrons. The Morgan fingerprint density at radius 2 is 2.14 bits per heavy atom. The van der Waals surface area contributed by atoms with Crippen LogP contribution in [0.25, 0.3) is 5.65 Å². The first-order valence-electron chi connectivity index (χ1n) is 5.89. The average molecular weight is 351 g/mol. The molecule has 0 aliphatic rings. The Hall–Kier alpha value is -2.41. The van der Waals surface area contributed by atoms with E-state index in [0.29, 0.717) is 10.1 Å². The van der Waals surface area contributed by atoms with E-state index in [1.54, 1.807) is 24.4 Å². The number of hydrogen-bond donors (Lipinski definition) is 1. The van der Waals surface area contributed by atoms with Crippen LogP contribution < -0.4 is 4.74 Å². The summed E-state index contributed by atoms with van der Waals surface area (Å²) in [5.41, 5.74) is 0.316. The maximum Gasteiger partial charge on any atom is 0.358 e. The molecule has 1 aromatic carbocycles. The van der Waals surface area contributed by atoms with Gasteiger partial charge >= 0.3 is 5.97 Å². The monoisotopic (exact) mass is 350 g/mol. The zero-order valence-corrected chi connectivity index (χ0v) is 12.0. The lowest BCUT2D eigenvalue weighted by Gasteiger charge is -2.04. The summed E-state index contributed by atoms with van der Waals surface area (Å²) < 4.78 is 20.6. The molecule has 0 saturated carbocycles. The van der Waals surface area contributed by atoms with Gasteiger partial charge in [-0.3, -0.25) is 4.40 Å². The Morgan fingerprint density at radius 1 is 1.33 bits per heavy atom. The summed E-state index contributed by atoms with van der Waals surface area (Å²) in [6, 6.07) is 9.21. The highest BCUT2D eigenvalue weighted by molar-refractivity contribution is 9.10. The number of rotatable bonds is 3. The normalized spacial score (nSPS) is 10.8. The molecule has 0 unspecified atom stereocenters. The number of benzene rings is 1. The molecule has 2 aromatic heterocycles. The van der Waals surface area contributed by atoms with Gasteiger partial charge in [-0.15, -0.1) is 0 Å². The molecule has 3 aromatic rings. The Labute approximate surface area is 126 Å². The summed E-state index contributed by atoms with van der Waals surface area (Å²) in [6.45, 7) is 0. The summed E-state index contributed by atoms with van der Waals surface area (Å²) in [7, 11) is 0. The van der Waals surface area contributed by atoms with Crippen LogP contribution in [0.5, 0.6) is 11.6 Å². The van der Waals surface area contributed by atoms with E-state index < -0.39 is 11.8 Å². The highest BCUT2D eigenvalue weighted by Crippen LogP contribution is 2.28. The third kappa shape index (κ3) is 2.47. The second-order valence-electron chi connectivity index (χ2n) is 4.18. The number of halogens is 2. The van der Waals surface area contributed by atoms with Gasteiger partial charge in [-0.1, -0.05) is 6.07 Å². The molecule has 0 fully saturated rings. The SMILES string of the molecule is O=C(O)c1c(Oc2ccc(Br)c(F)c2)nc2ccccn12. The van der Waals surface area contributed by atoms with Gasteiger partial charge in [0, 0.05) is 12.3 Å². The summed E-state index contributed by atoms with van der Waals surface area (Å²) in [5.74, 6) is -1.61.